The van der Waals surface area contributed by atoms with Crippen LogP contribution in [-0.4, -0.2) is 46.7 Å². The van der Waals surface area contributed by atoms with Gasteiger partial charge in [-0.05, 0) is 38.1 Å². The Kier molecular flexibility index (Phi) is 7.13. The zero-order chi connectivity index (χ0) is 24.2. The minimum absolute atomic E-state index is 0.113. The number of benzene rings is 1. The highest BCUT2D eigenvalue weighted by Gasteiger charge is 2.18. The smallest absolute Gasteiger partial charge is 0.338 e. The molecule has 4 aromatic rings. The van der Waals surface area contributed by atoms with Gasteiger partial charge in [-0.25, -0.2) is 19.7 Å². The van der Waals surface area contributed by atoms with E-state index in [0.29, 0.717) is 34.7 Å². The fourth-order valence-corrected chi connectivity index (χ4v) is 4.98. The second-order valence-corrected chi connectivity index (χ2v) is 8.93. The molecule has 0 aliphatic carbocycles. The Morgan fingerprint density at radius 2 is 1.97 bits per heavy atom. The van der Waals surface area contributed by atoms with E-state index in [4.69, 9.17) is 19.2 Å². The molecule has 0 atom stereocenters. The van der Waals surface area contributed by atoms with Gasteiger partial charge in [0, 0.05) is 22.4 Å². The van der Waals surface area contributed by atoms with Crippen molar-refractivity contribution in [2.24, 2.45) is 0 Å². The SMILES string of the molecule is CCOc1ccc(-c2nc(CSc3nc4nc(C)cc(C(=O)OC)c4c(=O)[nH]3)cs2)cc1OC. The maximum atomic E-state index is 12.7. The number of aromatic nitrogens is 4. The normalized spacial score (nSPS) is 10.9. The molecular weight excluding hydrogens is 476 g/mol. The van der Waals surface area contributed by atoms with Crippen molar-refractivity contribution in [1.29, 1.82) is 0 Å². The van der Waals surface area contributed by atoms with Gasteiger partial charge in [0.05, 0.1) is 37.5 Å². The molecule has 0 aliphatic heterocycles. The minimum atomic E-state index is -0.607. The summed E-state index contributed by atoms with van der Waals surface area (Å²) in [5.74, 6) is 1.22. The molecule has 0 bridgehead atoms. The summed E-state index contributed by atoms with van der Waals surface area (Å²) in [5, 5.41) is 3.31. The molecule has 11 heteroatoms. The largest absolute Gasteiger partial charge is 0.493 e. The van der Waals surface area contributed by atoms with Crippen LogP contribution < -0.4 is 15.0 Å². The number of methoxy groups -OCH3 is 2. The highest BCUT2D eigenvalue weighted by molar-refractivity contribution is 7.98. The highest BCUT2D eigenvalue weighted by atomic mass is 32.2. The third-order valence-electron chi connectivity index (χ3n) is 4.81. The Balaban J connectivity index is 1.55. The number of rotatable bonds is 8. The third-order valence-corrected chi connectivity index (χ3v) is 6.65. The van der Waals surface area contributed by atoms with Crippen LogP contribution >= 0.6 is 23.1 Å². The van der Waals surface area contributed by atoms with Crippen LogP contribution in [0.3, 0.4) is 0 Å². The van der Waals surface area contributed by atoms with Gasteiger partial charge in [0.1, 0.15) is 5.01 Å². The van der Waals surface area contributed by atoms with Crippen LogP contribution in [0.15, 0.2) is 39.6 Å². The zero-order valence-corrected chi connectivity index (χ0v) is 20.6. The number of carbonyl (C=O) groups is 1. The molecule has 0 fully saturated rings. The van der Waals surface area contributed by atoms with Gasteiger partial charge in [-0.2, -0.15) is 0 Å². The minimum Gasteiger partial charge on any atom is -0.493 e. The lowest BCUT2D eigenvalue weighted by molar-refractivity contribution is 0.0602. The van der Waals surface area contributed by atoms with Crippen molar-refractivity contribution in [2.75, 3.05) is 20.8 Å². The van der Waals surface area contributed by atoms with Crippen LogP contribution in [-0.2, 0) is 10.5 Å². The maximum Gasteiger partial charge on any atom is 0.338 e. The predicted octanol–water partition coefficient (Wildman–Crippen LogP) is 4.24. The molecule has 0 spiro atoms. The monoisotopic (exact) mass is 498 g/mol. The van der Waals surface area contributed by atoms with Gasteiger partial charge in [-0.1, -0.05) is 11.8 Å². The molecule has 3 aromatic heterocycles. The summed E-state index contributed by atoms with van der Waals surface area (Å²) < 4.78 is 15.8. The van der Waals surface area contributed by atoms with Crippen LogP contribution in [0.4, 0.5) is 0 Å². The average Bonchev–Trinajstić information content (AvgIpc) is 3.31. The number of aromatic amines is 1. The number of H-pyrrole nitrogens is 1. The molecule has 0 radical (unpaired) electrons. The van der Waals surface area contributed by atoms with Crippen molar-refractivity contribution in [2.45, 2.75) is 24.8 Å². The fraction of sp³-hybridized carbons (Fsp3) is 0.261. The second kappa shape index (κ2) is 10.2. The van der Waals surface area contributed by atoms with Crippen LogP contribution in [0.5, 0.6) is 11.5 Å². The summed E-state index contributed by atoms with van der Waals surface area (Å²) in [4.78, 5) is 41.0. The van der Waals surface area contributed by atoms with Gasteiger partial charge in [0.25, 0.3) is 5.56 Å². The molecule has 4 rings (SSSR count). The van der Waals surface area contributed by atoms with Gasteiger partial charge in [-0.3, -0.25) is 4.79 Å². The summed E-state index contributed by atoms with van der Waals surface area (Å²) in [6.45, 7) is 4.21. The number of ether oxygens (including phenoxy) is 3. The van der Waals surface area contributed by atoms with Crippen molar-refractivity contribution in [3.8, 4) is 22.1 Å². The van der Waals surface area contributed by atoms with E-state index in [2.05, 4.69) is 15.0 Å². The molecule has 176 valence electrons. The Bertz CT molecular complexity index is 1420. The third kappa shape index (κ3) is 4.90. The number of esters is 1. The van der Waals surface area contributed by atoms with Crippen LogP contribution in [0.2, 0.25) is 0 Å². The fourth-order valence-electron chi connectivity index (χ4n) is 3.31. The van der Waals surface area contributed by atoms with E-state index in [1.165, 1.54) is 36.3 Å². The number of hydrogen-bond donors (Lipinski definition) is 1. The van der Waals surface area contributed by atoms with E-state index in [-0.39, 0.29) is 16.6 Å². The van der Waals surface area contributed by atoms with Crippen LogP contribution in [0.25, 0.3) is 21.6 Å². The van der Waals surface area contributed by atoms with Crippen molar-refractivity contribution < 1.29 is 19.0 Å². The molecule has 1 N–H and O–H groups in total. The van der Waals surface area contributed by atoms with E-state index in [0.717, 1.165) is 16.3 Å². The van der Waals surface area contributed by atoms with Crippen LogP contribution in [0, 0.1) is 6.92 Å². The average molecular weight is 499 g/mol. The number of hydrogen-bond acceptors (Lipinski definition) is 10. The molecule has 0 aliphatic rings. The molecule has 34 heavy (non-hydrogen) atoms. The van der Waals surface area contributed by atoms with E-state index in [9.17, 15) is 9.59 Å². The highest BCUT2D eigenvalue weighted by Crippen LogP contribution is 2.34. The van der Waals surface area contributed by atoms with E-state index in [1.54, 1.807) is 14.0 Å². The van der Waals surface area contributed by atoms with Gasteiger partial charge >= 0.3 is 5.97 Å². The first-order valence-electron chi connectivity index (χ1n) is 10.3. The summed E-state index contributed by atoms with van der Waals surface area (Å²) in [5.41, 5.74) is 2.23. The molecule has 0 saturated carbocycles. The first-order chi connectivity index (χ1) is 16.4. The number of nitrogens with one attached hydrogen (secondary N) is 1. The predicted molar refractivity (Wildman–Crippen MR) is 131 cm³/mol. The molecule has 0 amide bonds. The van der Waals surface area contributed by atoms with Crippen molar-refractivity contribution in [1.82, 2.24) is 19.9 Å². The first-order valence-corrected chi connectivity index (χ1v) is 12.2. The summed E-state index contributed by atoms with van der Waals surface area (Å²) in [7, 11) is 2.87. The van der Waals surface area contributed by atoms with Crippen LogP contribution in [0.1, 0.15) is 28.7 Å². The molecule has 1 aromatic carbocycles. The Morgan fingerprint density at radius 1 is 1.15 bits per heavy atom. The van der Waals surface area contributed by atoms with Gasteiger partial charge in [0.15, 0.2) is 22.3 Å². The molecular formula is C23H22N4O5S2. The first kappa shape index (κ1) is 23.7. The molecule has 0 saturated heterocycles. The van der Waals surface area contributed by atoms with Gasteiger partial charge in [-0.15, -0.1) is 11.3 Å². The van der Waals surface area contributed by atoms with Crippen molar-refractivity contribution in [3.05, 3.63) is 57.0 Å². The number of carbonyl (C=O) groups excluding carboxylic acids is 1. The maximum absolute atomic E-state index is 12.7. The molecule has 3 heterocycles. The van der Waals surface area contributed by atoms with Crippen molar-refractivity contribution in [3.63, 3.8) is 0 Å². The quantitative estimate of drug-likeness (QED) is 0.216. The second-order valence-electron chi connectivity index (χ2n) is 7.10. The van der Waals surface area contributed by atoms with Crippen molar-refractivity contribution >= 4 is 40.1 Å². The number of aryl methyl sites for hydroxylation is 1. The Labute approximate surface area is 203 Å². The number of thioether (sulfide) groups is 1. The Hall–Kier alpha value is -3.44. The lowest BCUT2D eigenvalue weighted by Crippen LogP contribution is -2.16. The summed E-state index contributed by atoms with van der Waals surface area (Å²) >= 11 is 2.84. The number of thiazole rings is 1. The Morgan fingerprint density at radius 3 is 2.71 bits per heavy atom. The lowest BCUT2D eigenvalue weighted by Gasteiger charge is -2.09. The van der Waals surface area contributed by atoms with Gasteiger partial charge in [0.2, 0.25) is 0 Å². The molecule has 0 unspecified atom stereocenters. The molecule has 9 nitrogen and oxygen atoms in total. The number of nitrogens with zero attached hydrogens (tertiary/aromatic N) is 3. The zero-order valence-electron chi connectivity index (χ0n) is 19.0. The van der Waals surface area contributed by atoms with Gasteiger partial charge < -0.3 is 19.2 Å². The van der Waals surface area contributed by atoms with E-state index in [1.807, 2.05) is 30.5 Å². The van der Waals surface area contributed by atoms with E-state index < -0.39 is 11.5 Å². The lowest BCUT2D eigenvalue weighted by atomic mass is 10.1. The topological polar surface area (TPSA) is 116 Å². The van der Waals surface area contributed by atoms with E-state index >= 15 is 0 Å². The standard InChI is InChI=1S/C23H22N4O5S2/c1-5-32-16-7-6-13(9-17(16)30-3)21-25-14(10-33-21)11-34-23-26-19-18(20(28)27-23)15(22(29)31-4)8-12(2)24-19/h6-10H,5,11H2,1-4H3,(H,24,26,27,28). The summed E-state index contributed by atoms with van der Waals surface area (Å²) in [6, 6.07) is 7.23. The summed E-state index contributed by atoms with van der Waals surface area (Å²) in [6.07, 6.45) is 0. The number of pyridine rings is 1. The number of fused-ring (bicyclic) bond motifs is 1.